The molecular weight excluding hydrogens is 607 g/mol. The number of nitrogens with one attached hydrogen (secondary N) is 2. The van der Waals surface area contributed by atoms with Gasteiger partial charge in [0.1, 0.15) is 29.3 Å². The van der Waals surface area contributed by atoms with E-state index in [9.17, 15) is 0 Å². The van der Waals surface area contributed by atoms with E-state index in [1.54, 1.807) is 0 Å². The number of hydrogen-bond donors (Lipinski definition) is 2. The number of rotatable bonds is 4. The highest BCUT2D eigenvalue weighted by Crippen LogP contribution is 2.38. The van der Waals surface area contributed by atoms with E-state index in [0.717, 1.165) is 46.4 Å². The summed E-state index contributed by atoms with van der Waals surface area (Å²) in [5.41, 5.74) is 7.92. The van der Waals surface area contributed by atoms with Crippen molar-refractivity contribution in [3.8, 4) is 11.1 Å². The van der Waals surface area contributed by atoms with Gasteiger partial charge < -0.3 is 9.73 Å². The van der Waals surface area contributed by atoms with Crippen molar-refractivity contribution < 1.29 is 4.42 Å². The van der Waals surface area contributed by atoms with E-state index in [4.69, 9.17) is 9.41 Å². The van der Waals surface area contributed by atoms with Crippen molar-refractivity contribution in [1.82, 2.24) is 10.6 Å². The number of aliphatic imine (C=N–C) groups is 1. The summed E-state index contributed by atoms with van der Waals surface area (Å²) in [6, 6.07) is 47.3. The van der Waals surface area contributed by atoms with Crippen LogP contribution in [0, 0.1) is 0 Å². The van der Waals surface area contributed by atoms with Gasteiger partial charge in [-0.2, -0.15) is 0 Å². The summed E-state index contributed by atoms with van der Waals surface area (Å²) in [4.78, 5) is 5.14. The Bertz CT molecular complexity index is 2690. The van der Waals surface area contributed by atoms with E-state index in [-0.39, 0.29) is 12.3 Å². The van der Waals surface area contributed by atoms with Gasteiger partial charge in [0.15, 0.2) is 0 Å². The lowest BCUT2D eigenvalue weighted by Gasteiger charge is -2.33. The van der Waals surface area contributed by atoms with Crippen LogP contribution in [0.25, 0.3) is 65.6 Å². The lowest BCUT2D eigenvalue weighted by molar-refractivity contribution is 0.453. The minimum absolute atomic E-state index is 0.0476. The fraction of sp³-hybridized carbons (Fsp3) is 0.0930. The summed E-state index contributed by atoms with van der Waals surface area (Å²) in [7, 11) is 0. The molecule has 230 valence electrons. The van der Waals surface area contributed by atoms with Gasteiger partial charge in [0, 0.05) is 31.0 Å². The van der Waals surface area contributed by atoms with Crippen LogP contribution in [0.3, 0.4) is 0 Å². The van der Waals surface area contributed by atoms with Gasteiger partial charge in [-0.05, 0) is 69.3 Å². The smallest absolute Gasteiger partial charge is 0.136 e. The Morgan fingerprint density at radius 2 is 1.50 bits per heavy atom. The van der Waals surface area contributed by atoms with Crippen LogP contribution in [0.5, 0.6) is 0 Å². The Balaban J connectivity index is 1.11. The molecule has 1 aliphatic carbocycles. The molecule has 0 saturated heterocycles. The Labute approximate surface area is 281 Å². The van der Waals surface area contributed by atoms with Crippen LogP contribution < -0.4 is 20.4 Å². The zero-order valence-corrected chi connectivity index (χ0v) is 26.9. The van der Waals surface area contributed by atoms with Gasteiger partial charge in [0.25, 0.3) is 0 Å². The number of benzene rings is 6. The van der Waals surface area contributed by atoms with Crippen molar-refractivity contribution >= 4 is 71.6 Å². The Kier molecular flexibility index (Phi) is 6.36. The molecule has 0 bridgehead atoms. The molecule has 8 aromatic rings. The normalized spacial score (nSPS) is 17.8. The molecule has 4 nitrogen and oxygen atoms in total. The fourth-order valence-corrected chi connectivity index (χ4v) is 9.01. The highest BCUT2D eigenvalue weighted by molar-refractivity contribution is 7.17. The maximum Gasteiger partial charge on any atom is 0.136 e. The lowest BCUT2D eigenvalue weighted by Crippen LogP contribution is -2.53. The molecule has 2 unspecified atom stereocenters. The number of hydrogen-bond acceptors (Lipinski definition) is 5. The van der Waals surface area contributed by atoms with Crippen molar-refractivity contribution in [1.29, 1.82) is 0 Å². The van der Waals surface area contributed by atoms with Crippen LogP contribution in [-0.2, 0) is 0 Å². The van der Waals surface area contributed by atoms with E-state index < -0.39 is 0 Å². The summed E-state index contributed by atoms with van der Waals surface area (Å²) in [5, 5.41) is 15.1. The average molecular weight is 638 g/mol. The predicted molar refractivity (Wildman–Crippen MR) is 201 cm³/mol. The third-order valence-corrected chi connectivity index (χ3v) is 11.2. The maximum absolute atomic E-state index is 6.47. The molecule has 2 N–H and O–H groups in total. The average Bonchev–Trinajstić information content (AvgIpc) is 3.74. The summed E-state index contributed by atoms with van der Waals surface area (Å²) in [5.74, 6) is 0.922. The van der Waals surface area contributed by atoms with E-state index >= 15 is 0 Å². The zero-order valence-electron chi connectivity index (χ0n) is 26.1. The Hall–Kier alpha value is -5.49. The quantitative estimate of drug-likeness (QED) is 0.203. The van der Waals surface area contributed by atoms with E-state index in [2.05, 4.69) is 150 Å². The van der Waals surface area contributed by atoms with Crippen LogP contribution in [0.1, 0.15) is 30.1 Å². The third kappa shape index (κ3) is 4.43. The van der Waals surface area contributed by atoms with Crippen molar-refractivity contribution in [2.24, 2.45) is 4.99 Å². The number of furan rings is 1. The predicted octanol–water partition coefficient (Wildman–Crippen LogP) is 9.01. The second-order valence-electron chi connectivity index (χ2n) is 12.7. The molecular formula is C43H31N3OS. The number of thiophene rings is 1. The first-order valence-electron chi connectivity index (χ1n) is 16.6. The molecule has 0 spiro atoms. The molecule has 2 atom stereocenters. The van der Waals surface area contributed by atoms with E-state index in [0.29, 0.717) is 0 Å². The summed E-state index contributed by atoms with van der Waals surface area (Å²) < 4.78 is 9.14. The van der Waals surface area contributed by atoms with Crippen LogP contribution >= 0.6 is 11.3 Å². The second kappa shape index (κ2) is 11.1. The molecule has 0 saturated carbocycles. The molecule has 3 heterocycles. The van der Waals surface area contributed by atoms with Crippen molar-refractivity contribution in [3.05, 3.63) is 154 Å². The number of nitrogens with zero attached hydrogens (tertiary/aromatic N) is 1. The van der Waals surface area contributed by atoms with Gasteiger partial charge >= 0.3 is 0 Å². The highest BCUT2D eigenvalue weighted by atomic mass is 32.1. The fourth-order valence-electron chi connectivity index (χ4n) is 7.57. The first kappa shape index (κ1) is 27.6. The van der Waals surface area contributed by atoms with Gasteiger partial charge in [-0.3, -0.25) is 5.32 Å². The van der Waals surface area contributed by atoms with Gasteiger partial charge in [-0.25, -0.2) is 4.99 Å². The van der Waals surface area contributed by atoms with Crippen LogP contribution in [0.15, 0.2) is 143 Å². The van der Waals surface area contributed by atoms with Crippen molar-refractivity contribution in [3.63, 3.8) is 0 Å². The minimum Gasteiger partial charge on any atom is -0.456 e. The molecule has 0 fully saturated rings. The monoisotopic (exact) mass is 637 g/mol. The van der Waals surface area contributed by atoms with E-state index in [1.807, 2.05) is 11.3 Å². The van der Waals surface area contributed by atoms with Crippen LogP contribution in [0.2, 0.25) is 0 Å². The second-order valence-corrected chi connectivity index (χ2v) is 13.7. The molecule has 10 rings (SSSR count). The molecule has 1 aliphatic heterocycles. The van der Waals surface area contributed by atoms with Crippen LogP contribution in [0.4, 0.5) is 0 Å². The molecule has 0 amide bonds. The van der Waals surface area contributed by atoms with Crippen LogP contribution in [-0.4, -0.2) is 12.0 Å². The van der Waals surface area contributed by atoms with Gasteiger partial charge in [-0.1, -0.05) is 121 Å². The molecule has 0 radical (unpaired) electrons. The molecule has 2 aromatic heterocycles. The molecule has 2 aliphatic rings. The topological polar surface area (TPSA) is 49.6 Å². The summed E-state index contributed by atoms with van der Waals surface area (Å²) in [6.07, 6.45) is 4.23. The SMILES string of the molecule is C1=c2c(sc3c(-c4ccc5c(c4)oc4ccc6ccccc6c45)cccc23)=C(C2NC(c3ccccc3)=NC(c3ccccc3)N2)CC1. The first-order chi connectivity index (χ1) is 23.8. The maximum atomic E-state index is 6.47. The minimum atomic E-state index is -0.146. The van der Waals surface area contributed by atoms with E-state index in [1.165, 1.54) is 52.7 Å². The highest BCUT2D eigenvalue weighted by Gasteiger charge is 2.28. The van der Waals surface area contributed by atoms with Gasteiger partial charge in [0.2, 0.25) is 0 Å². The van der Waals surface area contributed by atoms with Gasteiger partial charge in [-0.15, -0.1) is 11.3 Å². The van der Waals surface area contributed by atoms with Crippen molar-refractivity contribution in [2.45, 2.75) is 25.2 Å². The first-order valence-corrected chi connectivity index (χ1v) is 17.4. The number of fused-ring (bicyclic) bond motifs is 8. The Morgan fingerprint density at radius 3 is 2.40 bits per heavy atom. The summed E-state index contributed by atoms with van der Waals surface area (Å²) >= 11 is 1.91. The zero-order chi connectivity index (χ0) is 31.6. The molecule has 5 heteroatoms. The van der Waals surface area contributed by atoms with Gasteiger partial charge in [0.05, 0.1) is 0 Å². The Morgan fingerprint density at radius 1 is 0.688 bits per heavy atom. The lowest BCUT2D eigenvalue weighted by atomic mass is 9.97. The third-order valence-electron chi connectivity index (χ3n) is 9.86. The summed E-state index contributed by atoms with van der Waals surface area (Å²) in [6.45, 7) is 0. The largest absolute Gasteiger partial charge is 0.456 e. The standard InChI is InChI=1S/C43H31N3OS/c1-3-12-27(13-4-1)41-44-42(28-14-5-2-6-15-28)46-43(45-41)35-20-10-19-33-32-18-9-17-31(39(32)48-40(33)35)29-21-23-34-37(25-29)47-36-24-22-26-11-7-8-16-30(26)38(34)36/h1-9,11-19,21-25,41,43,45H,10,20H2,(H,44,46). The molecule has 6 aromatic carbocycles. The number of amidine groups is 1. The molecule has 48 heavy (non-hydrogen) atoms. The van der Waals surface area contributed by atoms with Crippen molar-refractivity contribution in [2.75, 3.05) is 0 Å².